The van der Waals surface area contributed by atoms with Crippen molar-refractivity contribution in [1.82, 2.24) is 9.55 Å². The quantitative estimate of drug-likeness (QED) is 0.665. The molecule has 0 aliphatic carbocycles. The van der Waals surface area contributed by atoms with Crippen LogP contribution in [-0.2, 0) is 4.74 Å². The van der Waals surface area contributed by atoms with Crippen LogP contribution in [0.3, 0.4) is 0 Å². The Labute approximate surface area is 134 Å². The monoisotopic (exact) mass is 460 g/mol. The van der Waals surface area contributed by atoms with Gasteiger partial charge in [-0.3, -0.25) is 14.3 Å². The van der Waals surface area contributed by atoms with Crippen LogP contribution < -0.4 is 11.2 Å². The maximum Gasteiger partial charge on any atom is 0.330 e. The number of hydrogen-bond acceptors (Lipinski definition) is 4. The number of halogens is 3. The lowest BCUT2D eigenvalue weighted by atomic mass is 10.2. The van der Waals surface area contributed by atoms with Crippen LogP contribution in [0.25, 0.3) is 4.48 Å². The summed E-state index contributed by atoms with van der Waals surface area (Å²) in [5.74, 6) is 0. The molecule has 2 N–H and O–H groups in total. The highest BCUT2D eigenvalue weighted by Gasteiger charge is 2.36. The molecule has 110 valence electrons. The summed E-state index contributed by atoms with van der Waals surface area (Å²) in [5, 5.41) is 8.97. The van der Waals surface area contributed by atoms with Crippen LogP contribution in [0.5, 0.6) is 0 Å². The van der Waals surface area contributed by atoms with Gasteiger partial charge in [-0.25, -0.2) is 9.18 Å². The lowest BCUT2D eigenvalue weighted by Gasteiger charge is -2.15. The fraction of sp³-hybridized carbons (Fsp3) is 0.455. The summed E-state index contributed by atoms with van der Waals surface area (Å²) in [6.45, 7) is -0.458. The second-order valence-electron chi connectivity index (χ2n) is 4.23. The number of ether oxygens (including phenoxy) is 1. The molecular weight excluding hydrogens is 450 g/mol. The molecule has 9 heteroatoms. The summed E-state index contributed by atoms with van der Waals surface area (Å²) in [6, 6.07) is 0. The third-order valence-corrected chi connectivity index (χ3v) is 5.11. The van der Waals surface area contributed by atoms with Gasteiger partial charge in [-0.15, -0.1) is 0 Å². The molecule has 1 aliphatic heterocycles. The van der Waals surface area contributed by atoms with Gasteiger partial charge in [0.05, 0.1) is 12.2 Å². The molecule has 0 saturated carbocycles. The summed E-state index contributed by atoms with van der Waals surface area (Å²) >= 11 is 5.15. The normalized spacial score (nSPS) is 27.0. The number of H-pyrrole nitrogens is 1. The van der Waals surface area contributed by atoms with Crippen LogP contribution in [0.1, 0.15) is 18.2 Å². The molecule has 0 spiro atoms. The van der Waals surface area contributed by atoms with Gasteiger partial charge in [0, 0.05) is 17.1 Å². The molecule has 1 aromatic rings. The molecular formula is C11H11BrFIN2O4. The van der Waals surface area contributed by atoms with Crippen molar-refractivity contribution < 1.29 is 14.2 Å². The minimum absolute atomic E-state index is 0.0534. The maximum atomic E-state index is 13.6. The number of hydrogen-bond donors (Lipinski definition) is 2. The predicted molar refractivity (Wildman–Crippen MR) is 82.8 cm³/mol. The summed E-state index contributed by atoms with van der Waals surface area (Å²) in [4.78, 5) is 25.7. The Balaban J connectivity index is 2.43. The molecule has 0 amide bonds. The Morgan fingerprint density at radius 1 is 1.70 bits per heavy atom. The standard InChI is InChI=1S/C11H11BrFIN2O4/c12-6(2-14)5-3-16(11(19)15-10(5)18)9-1-7(13)8(4-17)20-9/h2-3,7-9,17H,1,4H2,(H,15,18,19)/b6-2-. The Morgan fingerprint density at radius 2 is 2.40 bits per heavy atom. The van der Waals surface area contributed by atoms with Crippen molar-refractivity contribution in [3.63, 3.8) is 0 Å². The van der Waals surface area contributed by atoms with E-state index in [1.54, 1.807) is 4.08 Å². The Morgan fingerprint density at radius 3 is 2.95 bits per heavy atom. The lowest BCUT2D eigenvalue weighted by molar-refractivity contribution is -0.0356. The number of aliphatic hydroxyl groups excluding tert-OH is 1. The fourth-order valence-corrected chi connectivity index (χ4v) is 2.57. The summed E-state index contributed by atoms with van der Waals surface area (Å²) in [6.07, 6.45) is -1.89. The Bertz CT molecular complexity index is 644. The molecule has 20 heavy (non-hydrogen) atoms. The molecule has 0 bridgehead atoms. The SMILES string of the molecule is O=c1[nH]c(=O)n(C2CC(F)C(CO)O2)cc1/C(Br)=C/I. The van der Waals surface area contributed by atoms with Gasteiger partial charge in [0.2, 0.25) is 0 Å². The van der Waals surface area contributed by atoms with E-state index < -0.39 is 36.4 Å². The van der Waals surface area contributed by atoms with Gasteiger partial charge in [0.25, 0.3) is 5.56 Å². The highest BCUT2D eigenvalue weighted by atomic mass is 127. The molecule has 2 rings (SSSR count). The van der Waals surface area contributed by atoms with Crippen LogP contribution in [-0.4, -0.2) is 33.5 Å². The highest BCUT2D eigenvalue weighted by Crippen LogP contribution is 2.30. The smallest absolute Gasteiger partial charge is 0.330 e. The first kappa shape index (κ1) is 15.9. The van der Waals surface area contributed by atoms with E-state index in [0.29, 0.717) is 4.48 Å². The maximum absolute atomic E-state index is 13.6. The number of nitrogens with one attached hydrogen (secondary N) is 1. The zero-order valence-corrected chi connectivity index (χ0v) is 13.8. The summed E-state index contributed by atoms with van der Waals surface area (Å²) < 4.78 is 22.1. The molecule has 3 atom stereocenters. The molecule has 1 fully saturated rings. The van der Waals surface area contributed by atoms with Crippen LogP contribution in [0.15, 0.2) is 19.9 Å². The van der Waals surface area contributed by atoms with Crippen LogP contribution in [0.2, 0.25) is 0 Å². The van der Waals surface area contributed by atoms with E-state index in [9.17, 15) is 14.0 Å². The van der Waals surface area contributed by atoms with E-state index in [2.05, 4.69) is 20.9 Å². The predicted octanol–water partition coefficient (Wildman–Crippen LogP) is 1.28. The first-order valence-corrected chi connectivity index (χ1v) is 7.74. The van der Waals surface area contributed by atoms with Gasteiger partial charge in [0.1, 0.15) is 18.5 Å². The topological polar surface area (TPSA) is 84.3 Å². The van der Waals surface area contributed by atoms with E-state index in [1.165, 1.54) is 6.20 Å². The average Bonchev–Trinajstić information content (AvgIpc) is 2.79. The molecule has 3 unspecified atom stereocenters. The number of rotatable bonds is 3. The van der Waals surface area contributed by atoms with Crippen molar-refractivity contribution in [3.8, 4) is 0 Å². The minimum Gasteiger partial charge on any atom is -0.394 e. The molecule has 1 aromatic heterocycles. The van der Waals surface area contributed by atoms with Crippen molar-refractivity contribution in [2.24, 2.45) is 0 Å². The number of aromatic nitrogens is 2. The second-order valence-corrected chi connectivity index (χ2v) is 5.71. The zero-order valence-electron chi connectivity index (χ0n) is 10.1. The average molecular weight is 461 g/mol. The largest absolute Gasteiger partial charge is 0.394 e. The van der Waals surface area contributed by atoms with Crippen molar-refractivity contribution in [3.05, 3.63) is 36.7 Å². The first-order valence-electron chi connectivity index (χ1n) is 5.70. The van der Waals surface area contributed by atoms with Crippen molar-refractivity contribution in [2.45, 2.75) is 24.9 Å². The van der Waals surface area contributed by atoms with Gasteiger partial charge in [-0.1, -0.05) is 22.6 Å². The van der Waals surface area contributed by atoms with Gasteiger partial charge in [0.15, 0.2) is 0 Å². The molecule has 6 nitrogen and oxygen atoms in total. The fourth-order valence-electron chi connectivity index (χ4n) is 1.95. The Hall–Kier alpha value is -0.520. The molecule has 2 heterocycles. The minimum atomic E-state index is -1.35. The molecule has 0 aromatic carbocycles. The Kier molecular flexibility index (Phi) is 5.15. The van der Waals surface area contributed by atoms with Crippen molar-refractivity contribution in [1.29, 1.82) is 0 Å². The summed E-state index contributed by atoms with van der Waals surface area (Å²) in [7, 11) is 0. The number of aliphatic hydroxyl groups is 1. The lowest BCUT2D eigenvalue weighted by Crippen LogP contribution is -2.33. The number of alkyl halides is 1. The first-order chi connectivity index (χ1) is 9.47. The van der Waals surface area contributed by atoms with E-state index in [0.717, 1.165) is 4.57 Å². The van der Waals surface area contributed by atoms with E-state index in [-0.39, 0.29) is 12.0 Å². The third kappa shape index (κ3) is 3.05. The van der Waals surface area contributed by atoms with Crippen LogP contribution in [0, 0.1) is 0 Å². The van der Waals surface area contributed by atoms with Gasteiger partial charge >= 0.3 is 5.69 Å². The van der Waals surface area contributed by atoms with Gasteiger partial charge in [-0.2, -0.15) is 0 Å². The molecule has 0 radical (unpaired) electrons. The van der Waals surface area contributed by atoms with Gasteiger partial charge < -0.3 is 9.84 Å². The second kappa shape index (κ2) is 6.50. The number of aromatic amines is 1. The van der Waals surface area contributed by atoms with Crippen LogP contribution >= 0.6 is 38.5 Å². The third-order valence-electron chi connectivity index (χ3n) is 2.97. The van der Waals surface area contributed by atoms with E-state index in [1.807, 2.05) is 22.6 Å². The van der Waals surface area contributed by atoms with E-state index in [4.69, 9.17) is 9.84 Å². The summed E-state index contributed by atoms with van der Waals surface area (Å²) in [5.41, 5.74) is -0.978. The molecule has 1 saturated heterocycles. The van der Waals surface area contributed by atoms with Crippen molar-refractivity contribution in [2.75, 3.05) is 6.61 Å². The zero-order chi connectivity index (χ0) is 14.9. The van der Waals surface area contributed by atoms with Crippen LogP contribution in [0.4, 0.5) is 4.39 Å². The van der Waals surface area contributed by atoms with E-state index >= 15 is 0 Å². The highest BCUT2D eigenvalue weighted by molar-refractivity contribution is 14.1. The van der Waals surface area contributed by atoms with Gasteiger partial charge in [-0.05, 0) is 20.0 Å². The van der Waals surface area contributed by atoms with Crippen molar-refractivity contribution >= 4 is 43.0 Å². The molecule has 1 aliphatic rings. The number of nitrogens with zero attached hydrogens (tertiary/aromatic N) is 1.